The van der Waals surface area contributed by atoms with Gasteiger partial charge >= 0.3 is 0 Å². The number of halogens is 2. The van der Waals surface area contributed by atoms with E-state index in [9.17, 15) is 19.5 Å². The first-order chi connectivity index (χ1) is 26.8. The Morgan fingerprint density at radius 1 is 0.911 bits per heavy atom. The van der Waals surface area contributed by atoms with Crippen molar-refractivity contribution in [3.63, 3.8) is 0 Å². The van der Waals surface area contributed by atoms with Crippen LogP contribution >= 0.6 is 23.1 Å². The Bertz CT molecular complexity index is 2070. The van der Waals surface area contributed by atoms with E-state index in [-0.39, 0.29) is 19.4 Å². The van der Waals surface area contributed by atoms with E-state index in [2.05, 4.69) is 15.6 Å². The van der Waals surface area contributed by atoms with E-state index >= 15 is 8.78 Å². The first-order valence-electron chi connectivity index (χ1n) is 18.6. The van der Waals surface area contributed by atoms with Crippen molar-refractivity contribution in [2.24, 2.45) is 0 Å². The molecular formula is C44H44F2N4O4S2. The zero-order valence-corrected chi connectivity index (χ0v) is 33.0. The zero-order valence-electron chi connectivity index (χ0n) is 31.3. The molecule has 1 unspecified atom stereocenters. The number of nitrogens with zero attached hydrogens (tertiary/aromatic N) is 2. The number of aliphatic hydroxyl groups is 1. The number of aliphatic hydroxyl groups excluding tert-OH is 1. The summed E-state index contributed by atoms with van der Waals surface area (Å²) in [6.45, 7) is 5.05. The Morgan fingerprint density at radius 3 is 1.93 bits per heavy atom. The summed E-state index contributed by atoms with van der Waals surface area (Å²) in [5.74, 6) is -2.53. The fourth-order valence-corrected chi connectivity index (χ4v) is 10.0. The minimum atomic E-state index is -2.13. The van der Waals surface area contributed by atoms with Crippen LogP contribution in [0.2, 0.25) is 0 Å². The summed E-state index contributed by atoms with van der Waals surface area (Å²) in [7, 11) is 0. The molecule has 5 aromatic rings. The molecule has 1 aromatic heterocycles. The van der Waals surface area contributed by atoms with Crippen molar-refractivity contribution < 1.29 is 28.3 Å². The van der Waals surface area contributed by atoms with E-state index in [0.717, 1.165) is 43.3 Å². The molecule has 7 rings (SSSR count). The Morgan fingerprint density at radius 2 is 1.45 bits per heavy atom. The van der Waals surface area contributed by atoms with Crippen molar-refractivity contribution in [2.75, 3.05) is 6.54 Å². The summed E-state index contributed by atoms with van der Waals surface area (Å²) in [4.78, 5) is 48.6. The molecule has 0 spiro atoms. The molecule has 1 aliphatic heterocycles. The van der Waals surface area contributed by atoms with E-state index in [1.165, 1.54) is 23.1 Å². The van der Waals surface area contributed by atoms with Gasteiger partial charge in [0.05, 0.1) is 27.4 Å². The van der Waals surface area contributed by atoms with Crippen molar-refractivity contribution in [2.45, 2.75) is 79.7 Å². The molecule has 56 heavy (non-hydrogen) atoms. The SMILES string of the molecule is Cc1ncsc1-c1ccc(CNC(=O)[C@H]2[C@@H](F)[C@@H](O)CN2C(=O)C(NC(=O)C2(F)CC2)C(C)(C)SC(c2ccccc2)(c2ccccc2)c2ccccc2)cc1. The van der Waals surface area contributed by atoms with Gasteiger partial charge in [-0.1, -0.05) is 115 Å². The van der Waals surface area contributed by atoms with Crippen LogP contribution in [0, 0.1) is 6.92 Å². The van der Waals surface area contributed by atoms with Gasteiger partial charge < -0.3 is 20.6 Å². The standard InChI is InChI=1S/C44H44F2N4O4S2/c1-28-37(55-27-48-28)30-21-19-29(20-22-30)25-47-39(52)36-35(45)34(51)26-50(36)40(53)38(49-41(54)43(46)23-24-43)42(2,3)56-44(31-13-7-4-8-14-31,32-15-9-5-10-16-32)33-17-11-6-12-18-33/h4-22,27,34-36,38,51H,23-26H2,1-3H3,(H,47,52)(H,49,54)/t34-,35-,36+,38?/m0/s1. The number of thiazole rings is 1. The minimum Gasteiger partial charge on any atom is -0.388 e. The number of rotatable bonds is 13. The molecule has 3 N–H and O–H groups in total. The number of hydrogen-bond acceptors (Lipinski definition) is 7. The number of aryl methyl sites for hydroxylation is 1. The van der Waals surface area contributed by atoms with Crippen LogP contribution in [0.25, 0.3) is 10.4 Å². The largest absolute Gasteiger partial charge is 0.388 e. The molecule has 0 bridgehead atoms. The lowest BCUT2D eigenvalue weighted by atomic mass is 9.84. The number of alkyl halides is 2. The second kappa shape index (κ2) is 15.9. The topological polar surface area (TPSA) is 112 Å². The van der Waals surface area contributed by atoms with Crippen LogP contribution in [0.15, 0.2) is 121 Å². The highest BCUT2D eigenvalue weighted by Crippen LogP contribution is 2.54. The Hall–Kier alpha value is -4.91. The number of aromatic nitrogens is 1. The van der Waals surface area contributed by atoms with E-state index in [1.54, 1.807) is 19.4 Å². The number of likely N-dealkylation sites (tertiary alicyclic amines) is 1. The van der Waals surface area contributed by atoms with Crippen molar-refractivity contribution in [1.29, 1.82) is 0 Å². The van der Waals surface area contributed by atoms with Crippen molar-refractivity contribution in [1.82, 2.24) is 20.5 Å². The lowest BCUT2D eigenvalue weighted by molar-refractivity contribution is -0.143. The van der Waals surface area contributed by atoms with Gasteiger partial charge in [-0.15, -0.1) is 23.1 Å². The third-order valence-electron chi connectivity index (χ3n) is 10.6. The molecule has 2 heterocycles. The maximum Gasteiger partial charge on any atom is 0.258 e. The summed E-state index contributed by atoms with van der Waals surface area (Å²) in [5, 5.41) is 16.3. The first-order valence-corrected chi connectivity index (χ1v) is 20.3. The average molecular weight is 795 g/mol. The van der Waals surface area contributed by atoms with E-state index < -0.39 is 63.8 Å². The number of β-amino-alcohol motifs (C(OH)–C–C–N with tert-alkyl or cyclic N) is 1. The van der Waals surface area contributed by atoms with Gasteiger partial charge in [-0.25, -0.2) is 13.8 Å². The lowest BCUT2D eigenvalue weighted by Gasteiger charge is -2.45. The third kappa shape index (κ3) is 7.74. The fraction of sp³-hybridized carbons (Fsp3) is 0.318. The molecule has 290 valence electrons. The number of carbonyl (C=O) groups excluding carboxylic acids is 3. The smallest absolute Gasteiger partial charge is 0.258 e. The summed E-state index contributed by atoms with van der Waals surface area (Å²) >= 11 is 2.92. The third-order valence-corrected chi connectivity index (χ3v) is 13.4. The van der Waals surface area contributed by atoms with Crippen molar-refractivity contribution >= 4 is 40.8 Å². The molecule has 1 saturated heterocycles. The molecule has 2 fully saturated rings. The number of amides is 3. The molecular weight excluding hydrogens is 751 g/mol. The van der Waals surface area contributed by atoms with Crippen LogP contribution in [0.5, 0.6) is 0 Å². The van der Waals surface area contributed by atoms with Gasteiger partial charge in [0.2, 0.25) is 11.8 Å². The van der Waals surface area contributed by atoms with Crippen molar-refractivity contribution in [3.05, 3.63) is 149 Å². The van der Waals surface area contributed by atoms with Gasteiger partial charge in [0.25, 0.3) is 5.91 Å². The van der Waals surface area contributed by atoms with Crippen LogP contribution in [0.1, 0.15) is 54.6 Å². The highest BCUT2D eigenvalue weighted by molar-refractivity contribution is 8.02. The highest BCUT2D eigenvalue weighted by Gasteiger charge is 2.57. The number of thioether (sulfide) groups is 1. The van der Waals surface area contributed by atoms with Crippen LogP contribution in [-0.2, 0) is 25.7 Å². The normalized spacial score (nSPS) is 19.6. The Labute approximate surface area is 333 Å². The minimum absolute atomic E-state index is 0.0140. The highest BCUT2D eigenvalue weighted by atomic mass is 32.2. The summed E-state index contributed by atoms with van der Waals surface area (Å²) in [5.41, 5.74) is 4.96. The second-order valence-electron chi connectivity index (χ2n) is 15.0. The maximum absolute atomic E-state index is 15.9. The Balaban J connectivity index is 1.22. The zero-order chi connectivity index (χ0) is 39.7. The number of hydrogen-bond donors (Lipinski definition) is 3. The molecule has 1 saturated carbocycles. The molecule has 4 aromatic carbocycles. The molecule has 4 atom stereocenters. The van der Waals surface area contributed by atoms with E-state index in [0.29, 0.717) is 0 Å². The van der Waals surface area contributed by atoms with Gasteiger partial charge in [-0.3, -0.25) is 14.4 Å². The van der Waals surface area contributed by atoms with Gasteiger partial charge in [0.1, 0.15) is 18.2 Å². The van der Waals surface area contributed by atoms with Crippen molar-refractivity contribution in [3.8, 4) is 10.4 Å². The van der Waals surface area contributed by atoms with Crippen LogP contribution in [0.3, 0.4) is 0 Å². The van der Waals surface area contributed by atoms with E-state index in [1.807, 2.05) is 122 Å². The maximum atomic E-state index is 15.9. The van der Waals surface area contributed by atoms with E-state index in [4.69, 9.17) is 0 Å². The monoisotopic (exact) mass is 794 g/mol. The summed E-state index contributed by atoms with van der Waals surface area (Å²) in [6.07, 6.45) is -3.73. The first kappa shape index (κ1) is 39.3. The predicted molar refractivity (Wildman–Crippen MR) is 216 cm³/mol. The van der Waals surface area contributed by atoms with Gasteiger partial charge in [-0.05, 0) is 61.4 Å². The summed E-state index contributed by atoms with van der Waals surface area (Å²) < 4.78 is 29.1. The number of nitrogens with one attached hydrogen (secondary N) is 2. The van der Waals surface area contributed by atoms with Gasteiger partial charge in [0, 0.05) is 11.3 Å². The van der Waals surface area contributed by atoms with Crippen LogP contribution in [-0.4, -0.2) is 74.0 Å². The molecule has 1 aliphatic carbocycles. The van der Waals surface area contributed by atoms with Crippen LogP contribution < -0.4 is 10.6 Å². The summed E-state index contributed by atoms with van der Waals surface area (Å²) in [6, 6.07) is 33.7. The van der Waals surface area contributed by atoms with Crippen LogP contribution in [0.4, 0.5) is 8.78 Å². The van der Waals surface area contributed by atoms with Gasteiger partial charge in [0.15, 0.2) is 11.8 Å². The molecule has 0 radical (unpaired) electrons. The second-order valence-corrected chi connectivity index (χ2v) is 17.7. The molecule has 2 aliphatic rings. The fourth-order valence-electron chi connectivity index (χ4n) is 7.40. The quantitative estimate of drug-likeness (QED) is 0.109. The molecule has 8 nitrogen and oxygen atoms in total. The average Bonchev–Trinajstić information content (AvgIpc) is 3.71. The molecule has 12 heteroatoms. The molecule has 3 amide bonds. The Kier molecular flexibility index (Phi) is 11.2. The van der Waals surface area contributed by atoms with Gasteiger partial charge in [-0.2, -0.15) is 0 Å². The predicted octanol–water partition coefficient (Wildman–Crippen LogP) is 7.14. The number of benzene rings is 4. The lowest BCUT2D eigenvalue weighted by Crippen LogP contribution is -2.62. The number of carbonyl (C=O) groups is 3.